The van der Waals surface area contributed by atoms with Crippen LogP contribution in [0.3, 0.4) is 0 Å². The zero-order valence-corrected chi connectivity index (χ0v) is 11.4. The van der Waals surface area contributed by atoms with Gasteiger partial charge in [0.15, 0.2) is 5.69 Å². The monoisotopic (exact) mass is 263 g/mol. The van der Waals surface area contributed by atoms with Crippen molar-refractivity contribution < 1.29 is 9.32 Å². The predicted molar refractivity (Wildman–Crippen MR) is 70.8 cm³/mol. The van der Waals surface area contributed by atoms with E-state index in [1.165, 1.54) is 0 Å². The van der Waals surface area contributed by atoms with E-state index in [9.17, 15) is 4.79 Å². The summed E-state index contributed by atoms with van der Waals surface area (Å²) in [6.07, 6.45) is 5.05. The molecule has 3 rings (SSSR count). The number of nitrogens with zero attached hydrogens (tertiary/aromatic N) is 2. The van der Waals surface area contributed by atoms with Gasteiger partial charge in [0.05, 0.1) is 0 Å². The molecular formula is C14H21N3O2. The van der Waals surface area contributed by atoms with E-state index in [2.05, 4.69) is 12.1 Å². The largest absolute Gasteiger partial charge is 0.360 e. The first-order valence-electron chi connectivity index (χ1n) is 7.10. The van der Waals surface area contributed by atoms with Gasteiger partial charge in [-0.2, -0.15) is 0 Å². The molecule has 2 heterocycles. The van der Waals surface area contributed by atoms with Crippen molar-refractivity contribution in [3.8, 4) is 0 Å². The van der Waals surface area contributed by atoms with Crippen molar-refractivity contribution in [3.05, 3.63) is 17.0 Å². The summed E-state index contributed by atoms with van der Waals surface area (Å²) in [5, 5.41) is 4.02. The van der Waals surface area contributed by atoms with Crippen LogP contribution >= 0.6 is 0 Å². The van der Waals surface area contributed by atoms with E-state index in [0.29, 0.717) is 12.2 Å². The van der Waals surface area contributed by atoms with Gasteiger partial charge in [-0.25, -0.2) is 0 Å². The molecule has 0 bridgehead atoms. The molecule has 1 aromatic rings. The van der Waals surface area contributed by atoms with Gasteiger partial charge in [0.1, 0.15) is 5.76 Å². The second-order valence-electron chi connectivity index (χ2n) is 6.13. The van der Waals surface area contributed by atoms with Crippen molar-refractivity contribution >= 4 is 5.91 Å². The lowest BCUT2D eigenvalue weighted by Gasteiger charge is -2.22. The van der Waals surface area contributed by atoms with Crippen LogP contribution in [0.25, 0.3) is 0 Å². The third kappa shape index (κ3) is 2.16. The number of amides is 1. The Morgan fingerprint density at radius 1 is 1.47 bits per heavy atom. The molecule has 0 aromatic carbocycles. The zero-order chi connectivity index (χ0) is 13.5. The summed E-state index contributed by atoms with van der Waals surface area (Å²) < 4.78 is 5.32. The predicted octanol–water partition coefficient (Wildman–Crippen LogP) is 1.36. The Bertz CT molecular complexity index is 497. The Balaban J connectivity index is 1.80. The summed E-state index contributed by atoms with van der Waals surface area (Å²) in [5.74, 6) is 0.930. The lowest BCUT2D eigenvalue weighted by atomic mass is 9.90. The molecule has 2 N–H and O–H groups in total. The van der Waals surface area contributed by atoms with Crippen molar-refractivity contribution in [1.82, 2.24) is 10.1 Å². The van der Waals surface area contributed by atoms with Gasteiger partial charge in [0.25, 0.3) is 5.91 Å². The molecule has 1 aromatic heterocycles. The zero-order valence-electron chi connectivity index (χ0n) is 11.4. The normalized spacial score (nSPS) is 26.5. The summed E-state index contributed by atoms with van der Waals surface area (Å²) in [4.78, 5) is 14.4. The summed E-state index contributed by atoms with van der Waals surface area (Å²) >= 11 is 0. The van der Waals surface area contributed by atoms with Crippen molar-refractivity contribution in [2.45, 2.75) is 39.0 Å². The molecule has 19 heavy (non-hydrogen) atoms. The maximum Gasteiger partial charge on any atom is 0.276 e. The molecule has 1 fully saturated rings. The fourth-order valence-electron chi connectivity index (χ4n) is 3.07. The van der Waals surface area contributed by atoms with Crippen LogP contribution in [-0.2, 0) is 12.8 Å². The third-order valence-corrected chi connectivity index (χ3v) is 4.49. The average Bonchev–Trinajstić information content (AvgIpc) is 3.03. The second kappa shape index (κ2) is 4.63. The number of likely N-dealkylation sites (tertiary alicyclic amines) is 1. The standard InChI is InChI=1S/C14H21N3O2/c1-14(8-15)6-7-17(9-14)13(18)12-10-4-2-3-5-11(10)19-16-12/h2-9,15H2,1H3. The minimum Gasteiger partial charge on any atom is -0.360 e. The minimum atomic E-state index is 0.0177. The van der Waals surface area contributed by atoms with E-state index in [4.69, 9.17) is 10.3 Å². The quantitative estimate of drug-likeness (QED) is 0.874. The van der Waals surface area contributed by atoms with Crippen LogP contribution in [0.15, 0.2) is 4.52 Å². The summed E-state index contributed by atoms with van der Waals surface area (Å²) in [7, 11) is 0. The number of carbonyl (C=O) groups excluding carboxylic acids is 1. The molecule has 1 aliphatic heterocycles. The van der Waals surface area contributed by atoms with Gasteiger partial charge in [-0.3, -0.25) is 4.79 Å². The fourth-order valence-corrected chi connectivity index (χ4v) is 3.07. The van der Waals surface area contributed by atoms with E-state index in [0.717, 1.165) is 56.5 Å². The Hall–Kier alpha value is -1.36. The van der Waals surface area contributed by atoms with Crippen LogP contribution in [0.5, 0.6) is 0 Å². The molecule has 5 heteroatoms. The highest BCUT2D eigenvalue weighted by molar-refractivity contribution is 5.94. The maximum absolute atomic E-state index is 12.5. The van der Waals surface area contributed by atoms with Crippen LogP contribution in [-0.4, -0.2) is 35.6 Å². The average molecular weight is 263 g/mol. The first-order valence-corrected chi connectivity index (χ1v) is 7.10. The molecule has 5 nitrogen and oxygen atoms in total. The molecule has 1 saturated heterocycles. The number of aromatic nitrogens is 1. The number of carbonyl (C=O) groups is 1. The van der Waals surface area contributed by atoms with Crippen LogP contribution in [0.1, 0.15) is 48.0 Å². The highest BCUT2D eigenvalue weighted by atomic mass is 16.5. The lowest BCUT2D eigenvalue weighted by Crippen LogP contribution is -2.35. The summed E-state index contributed by atoms with van der Waals surface area (Å²) in [5.41, 5.74) is 7.42. The van der Waals surface area contributed by atoms with Crippen LogP contribution in [0, 0.1) is 5.41 Å². The highest BCUT2D eigenvalue weighted by Crippen LogP contribution is 2.31. The topological polar surface area (TPSA) is 72.4 Å². The molecule has 2 aliphatic rings. The lowest BCUT2D eigenvalue weighted by molar-refractivity contribution is 0.0765. The van der Waals surface area contributed by atoms with Gasteiger partial charge in [-0.15, -0.1) is 0 Å². The molecular weight excluding hydrogens is 242 g/mol. The molecule has 104 valence electrons. The van der Waals surface area contributed by atoms with Crippen LogP contribution in [0.2, 0.25) is 0 Å². The molecule has 0 radical (unpaired) electrons. The Kier molecular flexibility index (Phi) is 3.09. The fraction of sp³-hybridized carbons (Fsp3) is 0.714. The van der Waals surface area contributed by atoms with E-state index >= 15 is 0 Å². The molecule has 0 spiro atoms. The molecule has 0 saturated carbocycles. The number of hydrogen-bond donors (Lipinski definition) is 1. The van der Waals surface area contributed by atoms with Crippen molar-refractivity contribution in [2.24, 2.45) is 11.1 Å². The van der Waals surface area contributed by atoms with Gasteiger partial charge in [0, 0.05) is 25.1 Å². The number of aryl methyl sites for hydroxylation is 1. The number of nitrogens with two attached hydrogens (primary N) is 1. The van der Waals surface area contributed by atoms with Crippen molar-refractivity contribution in [2.75, 3.05) is 19.6 Å². The number of hydrogen-bond acceptors (Lipinski definition) is 4. The maximum atomic E-state index is 12.5. The molecule has 1 amide bonds. The Morgan fingerprint density at radius 3 is 3.00 bits per heavy atom. The first-order chi connectivity index (χ1) is 9.13. The van der Waals surface area contributed by atoms with Gasteiger partial charge in [-0.05, 0) is 37.6 Å². The minimum absolute atomic E-state index is 0.0177. The smallest absolute Gasteiger partial charge is 0.276 e. The first kappa shape index (κ1) is 12.7. The molecule has 1 atom stereocenters. The summed E-state index contributed by atoms with van der Waals surface area (Å²) in [6.45, 7) is 4.25. The van der Waals surface area contributed by atoms with E-state index in [1.807, 2.05) is 4.90 Å². The number of rotatable bonds is 2. The second-order valence-corrected chi connectivity index (χ2v) is 6.13. The van der Waals surface area contributed by atoms with E-state index in [1.54, 1.807) is 0 Å². The molecule has 1 unspecified atom stereocenters. The van der Waals surface area contributed by atoms with Crippen molar-refractivity contribution in [3.63, 3.8) is 0 Å². The van der Waals surface area contributed by atoms with Gasteiger partial charge in [0.2, 0.25) is 0 Å². The van der Waals surface area contributed by atoms with Gasteiger partial charge < -0.3 is 15.2 Å². The Morgan fingerprint density at radius 2 is 2.26 bits per heavy atom. The SMILES string of the molecule is CC1(CN)CCN(C(=O)c2noc3c2CCCC3)C1. The van der Waals surface area contributed by atoms with Crippen LogP contribution < -0.4 is 5.73 Å². The number of fused-ring (bicyclic) bond motifs is 1. The Labute approximate surface area is 113 Å². The highest BCUT2D eigenvalue weighted by Gasteiger charge is 2.37. The van der Waals surface area contributed by atoms with Gasteiger partial charge >= 0.3 is 0 Å². The molecule has 1 aliphatic carbocycles. The van der Waals surface area contributed by atoms with Crippen molar-refractivity contribution in [1.29, 1.82) is 0 Å². The summed E-state index contributed by atoms with van der Waals surface area (Å²) in [6, 6.07) is 0. The van der Waals surface area contributed by atoms with Crippen LogP contribution in [0.4, 0.5) is 0 Å². The van der Waals surface area contributed by atoms with Gasteiger partial charge in [-0.1, -0.05) is 12.1 Å². The third-order valence-electron chi connectivity index (χ3n) is 4.49. The van der Waals surface area contributed by atoms with E-state index < -0.39 is 0 Å². The van der Waals surface area contributed by atoms with E-state index in [-0.39, 0.29) is 11.3 Å².